The predicted molar refractivity (Wildman–Crippen MR) is 179 cm³/mol. The number of fused-ring (bicyclic) bond motifs is 8. The normalized spacial score (nSPS) is 12.0. The molecule has 0 saturated carbocycles. The Labute approximate surface area is 246 Å². The molecule has 190 valence electrons. The van der Waals surface area contributed by atoms with Gasteiger partial charge < -0.3 is 0 Å². The van der Waals surface area contributed by atoms with E-state index < -0.39 is 0 Å². The molecule has 0 atom stereocenters. The number of rotatable bonds is 2. The summed E-state index contributed by atoms with van der Waals surface area (Å²) >= 11 is 3.87. The van der Waals surface area contributed by atoms with Crippen molar-refractivity contribution in [2.75, 3.05) is 0 Å². The number of hydrogen-bond acceptors (Lipinski definition) is 0. The molecule has 0 nitrogen and oxygen atoms in total. The fourth-order valence-corrected chi connectivity index (χ4v) is 7.60. The third-order valence-corrected chi connectivity index (χ3v) is 9.51. The molecular weight excluding hydrogens is 560 g/mol. The van der Waals surface area contributed by atoms with Crippen LogP contribution < -0.4 is 0 Å². The van der Waals surface area contributed by atoms with Crippen molar-refractivity contribution in [1.82, 2.24) is 0 Å². The van der Waals surface area contributed by atoms with Gasteiger partial charge in [0, 0.05) is 4.47 Å². The zero-order valence-corrected chi connectivity index (χ0v) is 23.7. The lowest BCUT2D eigenvalue weighted by atomic mass is 9.88. The van der Waals surface area contributed by atoms with Gasteiger partial charge >= 0.3 is 0 Å². The lowest BCUT2D eigenvalue weighted by Crippen LogP contribution is -1.88. The standard InChI is InChI=1S/C40H23Br/c41-39-23-37-31-17-9-16-30-35-20-32-26(24-10-3-1-4-11-24)18-19-27(25-12-5-2-6-13-25)33(32)21-36(35)38(40(30)31)22-34(37)28-14-7-8-15-29(28)39/h1-23H. The van der Waals surface area contributed by atoms with E-state index in [1.165, 1.54) is 87.6 Å². The van der Waals surface area contributed by atoms with Crippen LogP contribution in [-0.2, 0) is 0 Å². The van der Waals surface area contributed by atoms with E-state index in [-0.39, 0.29) is 0 Å². The third kappa shape index (κ3) is 3.27. The Hall–Kier alpha value is -4.72. The summed E-state index contributed by atoms with van der Waals surface area (Å²) in [5, 5.41) is 10.4. The van der Waals surface area contributed by atoms with E-state index in [4.69, 9.17) is 0 Å². The number of hydrogen-bond donors (Lipinski definition) is 0. The van der Waals surface area contributed by atoms with Gasteiger partial charge in [0.2, 0.25) is 0 Å². The molecule has 0 heterocycles. The molecular formula is C40H23Br. The van der Waals surface area contributed by atoms with Gasteiger partial charge in [-0.3, -0.25) is 0 Å². The molecule has 0 amide bonds. The number of benzene rings is 8. The van der Waals surface area contributed by atoms with E-state index in [0.717, 1.165) is 4.47 Å². The third-order valence-electron chi connectivity index (χ3n) is 8.85. The Kier molecular flexibility index (Phi) is 4.85. The first-order valence-corrected chi connectivity index (χ1v) is 14.8. The maximum atomic E-state index is 3.87. The second kappa shape index (κ2) is 8.64. The average molecular weight is 584 g/mol. The molecule has 8 aromatic carbocycles. The van der Waals surface area contributed by atoms with Crippen molar-refractivity contribution in [1.29, 1.82) is 0 Å². The van der Waals surface area contributed by atoms with Crippen molar-refractivity contribution in [2.24, 2.45) is 0 Å². The fourth-order valence-electron chi connectivity index (χ4n) is 7.03. The van der Waals surface area contributed by atoms with Gasteiger partial charge in [-0.2, -0.15) is 0 Å². The predicted octanol–water partition coefficient (Wildman–Crippen LogP) is 12.0. The smallest absolute Gasteiger partial charge is 0.0260 e. The molecule has 0 radical (unpaired) electrons. The zero-order valence-electron chi connectivity index (χ0n) is 22.2. The SMILES string of the molecule is Brc1cc2c3cccc4c3c(cc2c2ccccc12)-c1cc2c(-c3ccccc3)ccc(-c3ccccc3)c2cc1-4. The van der Waals surface area contributed by atoms with E-state index in [0.29, 0.717) is 0 Å². The lowest BCUT2D eigenvalue weighted by Gasteiger charge is -2.15. The van der Waals surface area contributed by atoms with Crippen LogP contribution in [0.25, 0.3) is 87.6 Å². The van der Waals surface area contributed by atoms with E-state index in [1.807, 2.05) is 0 Å². The molecule has 0 aliphatic heterocycles. The Morgan fingerprint density at radius 1 is 0.293 bits per heavy atom. The van der Waals surface area contributed by atoms with E-state index in [1.54, 1.807) is 0 Å². The molecule has 0 aromatic heterocycles. The molecule has 0 spiro atoms. The molecule has 0 N–H and O–H groups in total. The van der Waals surface area contributed by atoms with Gasteiger partial charge in [-0.15, -0.1) is 0 Å². The maximum Gasteiger partial charge on any atom is 0.0260 e. The molecule has 1 aliphatic carbocycles. The van der Waals surface area contributed by atoms with Gasteiger partial charge in [-0.25, -0.2) is 0 Å². The highest BCUT2D eigenvalue weighted by Crippen LogP contribution is 2.53. The van der Waals surface area contributed by atoms with Crippen LogP contribution >= 0.6 is 15.9 Å². The van der Waals surface area contributed by atoms with Gasteiger partial charge in [-0.05, 0) is 112 Å². The fraction of sp³-hybridized carbons (Fsp3) is 0. The minimum absolute atomic E-state index is 1.14. The highest BCUT2D eigenvalue weighted by Gasteiger charge is 2.25. The highest BCUT2D eigenvalue weighted by atomic mass is 79.9. The van der Waals surface area contributed by atoms with Crippen LogP contribution in [0.15, 0.2) is 144 Å². The Morgan fingerprint density at radius 2 is 0.805 bits per heavy atom. The molecule has 0 bridgehead atoms. The molecule has 1 aliphatic rings. The van der Waals surface area contributed by atoms with E-state index in [2.05, 4.69) is 155 Å². The van der Waals surface area contributed by atoms with Crippen molar-refractivity contribution < 1.29 is 0 Å². The van der Waals surface area contributed by atoms with Crippen LogP contribution in [0.1, 0.15) is 0 Å². The highest BCUT2D eigenvalue weighted by molar-refractivity contribution is 9.10. The second-order valence-corrected chi connectivity index (χ2v) is 11.8. The van der Waals surface area contributed by atoms with Crippen molar-refractivity contribution >= 4 is 59.0 Å². The summed E-state index contributed by atoms with van der Waals surface area (Å²) in [5.74, 6) is 0. The largest absolute Gasteiger partial charge is 0.0622 e. The van der Waals surface area contributed by atoms with Crippen LogP contribution in [-0.4, -0.2) is 0 Å². The first-order valence-electron chi connectivity index (χ1n) is 14.1. The maximum absolute atomic E-state index is 3.87. The van der Waals surface area contributed by atoms with Gasteiger partial charge in [0.15, 0.2) is 0 Å². The van der Waals surface area contributed by atoms with Crippen LogP contribution in [0.5, 0.6) is 0 Å². The van der Waals surface area contributed by atoms with Crippen molar-refractivity contribution in [3.8, 4) is 44.5 Å². The lowest BCUT2D eigenvalue weighted by molar-refractivity contribution is 1.62. The Bertz CT molecular complexity index is 2350. The minimum Gasteiger partial charge on any atom is -0.0622 e. The summed E-state index contributed by atoms with van der Waals surface area (Å²) in [4.78, 5) is 0. The molecule has 1 heteroatoms. The molecule has 41 heavy (non-hydrogen) atoms. The summed E-state index contributed by atoms with van der Waals surface area (Å²) in [7, 11) is 0. The summed E-state index contributed by atoms with van der Waals surface area (Å²) in [5.41, 5.74) is 10.3. The van der Waals surface area contributed by atoms with Gasteiger partial charge in [-0.1, -0.05) is 131 Å². The second-order valence-electron chi connectivity index (χ2n) is 11.0. The van der Waals surface area contributed by atoms with Crippen LogP contribution in [0, 0.1) is 0 Å². The van der Waals surface area contributed by atoms with Crippen LogP contribution in [0.3, 0.4) is 0 Å². The minimum atomic E-state index is 1.14. The molecule has 0 fully saturated rings. The van der Waals surface area contributed by atoms with Crippen molar-refractivity contribution in [2.45, 2.75) is 0 Å². The van der Waals surface area contributed by atoms with Gasteiger partial charge in [0.05, 0.1) is 0 Å². The molecule has 0 unspecified atom stereocenters. The zero-order chi connectivity index (χ0) is 27.1. The summed E-state index contributed by atoms with van der Waals surface area (Å²) in [6, 6.07) is 51.4. The summed E-state index contributed by atoms with van der Waals surface area (Å²) < 4.78 is 1.14. The Morgan fingerprint density at radius 3 is 1.46 bits per heavy atom. The number of halogens is 1. The average Bonchev–Trinajstić information content (AvgIpc) is 3.34. The molecule has 9 rings (SSSR count). The van der Waals surface area contributed by atoms with Gasteiger partial charge in [0.25, 0.3) is 0 Å². The Balaban J connectivity index is 1.43. The molecule has 0 saturated heterocycles. The summed E-state index contributed by atoms with van der Waals surface area (Å²) in [6.45, 7) is 0. The van der Waals surface area contributed by atoms with E-state index >= 15 is 0 Å². The van der Waals surface area contributed by atoms with E-state index in [9.17, 15) is 0 Å². The first-order chi connectivity index (χ1) is 20.3. The van der Waals surface area contributed by atoms with Crippen LogP contribution in [0.2, 0.25) is 0 Å². The topological polar surface area (TPSA) is 0 Å². The molecule has 8 aromatic rings. The van der Waals surface area contributed by atoms with Crippen LogP contribution in [0.4, 0.5) is 0 Å². The monoisotopic (exact) mass is 582 g/mol. The van der Waals surface area contributed by atoms with Crippen molar-refractivity contribution in [3.63, 3.8) is 0 Å². The quantitative estimate of drug-likeness (QED) is 0.178. The van der Waals surface area contributed by atoms with Gasteiger partial charge in [0.1, 0.15) is 0 Å². The van der Waals surface area contributed by atoms with Crippen molar-refractivity contribution in [3.05, 3.63) is 144 Å². The summed E-state index contributed by atoms with van der Waals surface area (Å²) in [6.07, 6.45) is 0. The first kappa shape index (κ1) is 23.0.